The summed E-state index contributed by atoms with van der Waals surface area (Å²) in [5, 5.41) is 5.95. The Morgan fingerprint density at radius 1 is 1.06 bits per heavy atom. The first-order chi connectivity index (χ1) is 14.9. The number of alkyl halides is 3. The SMILES string of the molecule is CC(C)(C)N1CCN[C@@H](C(=O)N2CCN(C(=O)Nc3cccc(SC(F)(F)F)c3)CC2)C1. The number of nitrogens with one attached hydrogen (secondary N) is 2. The minimum Gasteiger partial charge on any atom is -0.338 e. The molecule has 2 aliphatic rings. The third-order valence-electron chi connectivity index (χ3n) is 5.62. The summed E-state index contributed by atoms with van der Waals surface area (Å²) in [5.74, 6) is 0.0379. The fraction of sp³-hybridized carbons (Fsp3) is 0.619. The zero-order chi connectivity index (χ0) is 23.5. The molecule has 0 unspecified atom stereocenters. The van der Waals surface area contributed by atoms with Crippen LogP contribution in [0, 0.1) is 0 Å². The molecule has 2 saturated heterocycles. The molecule has 0 aliphatic carbocycles. The van der Waals surface area contributed by atoms with Gasteiger partial charge < -0.3 is 20.4 Å². The van der Waals surface area contributed by atoms with Gasteiger partial charge in [-0.25, -0.2) is 4.79 Å². The van der Waals surface area contributed by atoms with Gasteiger partial charge >= 0.3 is 11.5 Å². The van der Waals surface area contributed by atoms with E-state index in [2.05, 4.69) is 36.3 Å². The van der Waals surface area contributed by atoms with E-state index in [9.17, 15) is 22.8 Å². The normalized spacial score (nSPS) is 20.9. The molecule has 0 saturated carbocycles. The molecule has 2 heterocycles. The van der Waals surface area contributed by atoms with Crippen LogP contribution in [-0.4, -0.2) is 89.5 Å². The number of carbonyl (C=O) groups is 2. The van der Waals surface area contributed by atoms with E-state index >= 15 is 0 Å². The standard InChI is InChI=1S/C21H30F3N5O2S/c1-20(2,3)29-8-7-25-17(14-29)18(30)27-9-11-28(12-10-27)19(31)26-15-5-4-6-16(13-15)32-21(22,23)24/h4-6,13,17,25H,7-12,14H2,1-3H3,(H,26,31)/t17-/m1/s1. The first-order valence-electron chi connectivity index (χ1n) is 10.6. The van der Waals surface area contributed by atoms with E-state index in [0.717, 1.165) is 13.1 Å². The summed E-state index contributed by atoms with van der Waals surface area (Å²) < 4.78 is 37.7. The van der Waals surface area contributed by atoms with Crippen LogP contribution in [0.15, 0.2) is 29.2 Å². The van der Waals surface area contributed by atoms with Crippen molar-refractivity contribution in [3.05, 3.63) is 24.3 Å². The Labute approximate surface area is 190 Å². The van der Waals surface area contributed by atoms with Crippen molar-refractivity contribution in [3.63, 3.8) is 0 Å². The fourth-order valence-corrected chi connectivity index (χ4v) is 4.45. The van der Waals surface area contributed by atoms with Crippen molar-refractivity contribution in [3.8, 4) is 0 Å². The van der Waals surface area contributed by atoms with E-state index in [1.807, 2.05) is 0 Å². The maximum atomic E-state index is 13.0. The lowest BCUT2D eigenvalue weighted by molar-refractivity contribution is -0.136. The van der Waals surface area contributed by atoms with Gasteiger partial charge in [-0.05, 0) is 50.7 Å². The Kier molecular flexibility index (Phi) is 7.61. The van der Waals surface area contributed by atoms with Gasteiger partial charge in [0.05, 0.1) is 6.04 Å². The lowest BCUT2D eigenvalue weighted by Gasteiger charge is -2.43. The molecule has 11 heteroatoms. The third kappa shape index (κ3) is 6.76. The number of carbonyl (C=O) groups excluding carboxylic acids is 2. The number of anilines is 1. The zero-order valence-corrected chi connectivity index (χ0v) is 19.4. The van der Waals surface area contributed by atoms with Gasteiger partial charge in [0.1, 0.15) is 0 Å². The molecule has 2 fully saturated rings. The molecular weight excluding hydrogens is 443 g/mol. The Balaban J connectivity index is 1.50. The van der Waals surface area contributed by atoms with Gasteiger partial charge in [-0.1, -0.05) is 6.07 Å². The first kappa shape index (κ1) is 24.7. The second-order valence-corrected chi connectivity index (χ2v) is 10.1. The molecule has 1 aromatic carbocycles. The fourth-order valence-electron chi connectivity index (χ4n) is 3.85. The largest absolute Gasteiger partial charge is 0.446 e. The number of halogens is 3. The highest BCUT2D eigenvalue weighted by molar-refractivity contribution is 8.00. The summed E-state index contributed by atoms with van der Waals surface area (Å²) in [4.78, 5) is 31.2. The average molecular weight is 474 g/mol. The summed E-state index contributed by atoms with van der Waals surface area (Å²) in [5.41, 5.74) is -4.09. The van der Waals surface area contributed by atoms with Gasteiger partial charge in [0.25, 0.3) is 0 Å². The molecule has 2 aliphatic heterocycles. The number of nitrogens with zero attached hydrogens (tertiary/aromatic N) is 3. The smallest absolute Gasteiger partial charge is 0.338 e. The summed E-state index contributed by atoms with van der Waals surface area (Å²) in [6, 6.07) is 5.01. The second-order valence-electron chi connectivity index (χ2n) is 8.94. The Bertz CT molecular complexity index is 822. The van der Waals surface area contributed by atoms with Crippen LogP contribution in [0.3, 0.4) is 0 Å². The van der Waals surface area contributed by atoms with E-state index in [1.165, 1.54) is 18.2 Å². The Morgan fingerprint density at radius 2 is 1.72 bits per heavy atom. The van der Waals surface area contributed by atoms with Gasteiger partial charge in [0.15, 0.2) is 0 Å². The molecule has 7 nitrogen and oxygen atoms in total. The van der Waals surface area contributed by atoms with Crippen molar-refractivity contribution in [2.24, 2.45) is 0 Å². The van der Waals surface area contributed by atoms with Gasteiger partial charge in [0, 0.05) is 61.9 Å². The number of benzene rings is 1. The predicted octanol–water partition coefficient (Wildman–Crippen LogP) is 3.05. The minimum atomic E-state index is -4.39. The Morgan fingerprint density at radius 3 is 2.34 bits per heavy atom. The van der Waals surface area contributed by atoms with Crippen LogP contribution < -0.4 is 10.6 Å². The van der Waals surface area contributed by atoms with Crippen molar-refractivity contribution in [2.45, 2.75) is 42.8 Å². The van der Waals surface area contributed by atoms with Crippen LogP contribution in [0.2, 0.25) is 0 Å². The van der Waals surface area contributed by atoms with E-state index in [4.69, 9.17) is 0 Å². The number of hydrogen-bond acceptors (Lipinski definition) is 5. The molecule has 3 amide bonds. The highest BCUT2D eigenvalue weighted by atomic mass is 32.2. The monoisotopic (exact) mass is 473 g/mol. The summed E-state index contributed by atoms with van der Waals surface area (Å²) in [6.07, 6.45) is 0. The maximum absolute atomic E-state index is 13.0. The van der Waals surface area contributed by atoms with Crippen molar-refractivity contribution >= 4 is 29.4 Å². The molecule has 178 valence electrons. The number of rotatable bonds is 3. The van der Waals surface area contributed by atoms with Gasteiger partial charge in [0.2, 0.25) is 5.91 Å². The van der Waals surface area contributed by atoms with E-state index in [1.54, 1.807) is 15.9 Å². The van der Waals surface area contributed by atoms with Crippen LogP contribution in [0.25, 0.3) is 0 Å². The van der Waals surface area contributed by atoms with Crippen molar-refractivity contribution in [2.75, 3.05) is 51.1 Å². The molecule has 3 rings (SSSR count). The topological polar surface area (TPSA) is 67.9 Å². The van der Waals surface area contributed by atoms with E-state index < -0.39 is 5.51 Å². The van der Waals surface area contributed by atoms with Gasteiger partial charge in [-0.3, -0.25) is 9.69 Å². The number of hydrogen-bond donors (Lipinski definition) is 2. The van der Waals surface area contributed by atoms with E-state index in [-0.39, 0.29) is 40.2 Å². The zero-order valence-electron chi connectivity index (χ0n) is 18.5. The van der Waals surface area contributed by atoms with Crippen LogP contribution in [0.1, 0.15) is 20.8 Å². The molecule has 0 aromatic heterocycles. The molecular formula is C21H30F3N5O2S. The predicted molar refractivity (Wildman–Crippen MR) is 119 cm³/mol. The lowest BCUT2D eigenvalue weighted by atomic mass is 10.0. The van der Waals surface area contributed by atoms with Crippen molar-refractivity contribution in [1.29, 1.82) is 0 Å². The summed E-state index contributed by atoms with van der Waals surface area (Å²) >= 11 is -0.222. The average Bonchev–Trinajstić information content (AvgIpc) is 2.72. The third-order valence-corrected chi connectivity index (χ3v) is 6.34. The Hall–Kier alpha value is -1.98. The molecule has 0 bridgehead atoms. The molecule has 0 spiro atoms. The highest BCUT2D eigenvalue weighted by Gasteiger charge is 2.35. The molecule has 1 atom stereocenters. The minimum absolute atomic E-state index is 0.00662. The van der Waals surface area contributed by atoms with Crippen LogP contribution in [-0.2, 0) is 4.79 Å². The summed E-state index contributed by atoms with van der Waals surface area (Å²) in [6.45, 7) is 10.3. The molecule has 2 N–H and O–H groups in total. The number of amides is 3. The molecule has 32 heavy (non-hydrogen) atoms. The second kappa shape index (κ2) is 9.88. The lowest BCUT2D eigenvalue weighted by Crippen LogP contribution is -2.63. The molecule has 0 radical (unpaired) electrons. The number of urea groups is 1. The van der Waals surface area contributed by atoms with Crippen molar-refractivity contribution in [1.82, 2.24) is 20.0 Å². The van der Waals surface area contributed by atoms with Gasteiger partial charge in [-0.2, -0.15) is 13.2 Å². The first-order valence-corrected chi connectivity index (χ1v) is 11.4. The number of piperazine rings is 2. The van der Waals surface area contributed by atoms with E-state index in [0.29, 0.717) is 38.4 Å². The number of thioether (sulfide) groups is 1. The summed E-state index contributed by atoms with van der Waals surface area (Å²) in [7, 11) is 0. The van der Waals surface area contributed by atoms with Crippen molar-refractivity contribution < 1.29 is 22.8 Å². The maximum Gasteiger partial charge on any atom is 0.446 e. The van der Waals surface area contributed by atoms with Gasteiger partial charge in [-0.15, -0.1) is 0 Å². The highest BCUT2D eigenvalue weighted by Crippen LogP contribution is 2.37. The van der Waals surface area contributed by atoms with Crippen LogP contribution in [0.4, 0.5) is 23.7 Å². The molecule has 1 aromatic rings. The quantitative estimate of drug-likeness (QED) is 0.661. The van der Waals surface area contributed by atoms with Crippen LogP contribution >= 0.6 is 11.8 Å². The van der Waals surface area contributed by atoms with Crippen LogP contribution in [0.5, 0.6) is 0 Å².